The van der Waals surface area contributed by atoms with Crippen molar-refractivity contribution < 1.29 is 14.0 Å². The number of aromatic nitrogens is 1. The second-order valence-electron chi connectivity index (χ2n) is 6.46. The van der Waals surface area contributed by atoms with Gasteiger partial charge in [0.2, 0.25) is 5.89 Å². The molecule has 6 nitrogen and oxygen atoms in total. The first-order chi connectivity index (χ1) is 13.1. The van der Waals surface area contributed by atoms with Gasteiger partial charge in [-0.1, -0.05) is 31.9 Å². The predicted molar refractivity (Wildman–Crippen MR) is 105 cm³/mol. The van der Waals surface area contributed by atoms with Crippen LogP contribution in [0.3, 0.4) is 0 Å². The lowest BCUT2D eigenvalue weighted by molar-refractivity contribution is 0.0738. The molecule has 0 radical (unpaired) electrons. The standard InChI is InChI=1S/C21H29N3O3/c1-4-7-8-9-16-10-12-17(13-11-16)21(26)24(6-3)14-19-23-18(15-27-19)20(25)22-5-2/h10-13,15H,4-9,14H2,1-3H3,(H,22,25). The van der Waals surface area contributed by atoms with Gasteiger partial charge >= 0.3 is 0 Å². The van der Waals surface area contributed by atoms with Crippen molar-refractivity contribution in [2.45, 2.75) is 53.0 Å². The quantitative estimate of drug-likeness (QED) is 0.644. The van der Waals surface area contributed by atoms with Gasteiger partial charge in [-0.25, -0.2) is 4.98 Å². The second kappa shape index (κ2) is 10.5. The lowest BCUT2D eigenvalue weighted by Crippen LogP contribution is -2.30. The Balaban J connectivity index is 2.00. The Bertz CT molecular complexity index is 737. The highest BCUT2D eigenvalue weighted by atomic mass is 16.3. The summed E-state index contributed by atoms with van der Waals surface area (Å²) in [6.45, 7) is 7.21. The van der Waals surface area contributed by atoms with Crippen LogP contribution in [0.4, 0.5) is 0 Å². The molecule has 1 aromatic carbocycles. The van der Waals surface area contributed by atoms with Crippen molar-refractivity contribution in [2.75, 3.05) is 13.1 Å². The smallest absolute Gasteiger partial charge is 0.273 e. The van der Waals surface area contributed by atoms with E-state index in [0.717, 1.165) is 6.42 Å². The summed E-state index contributed by atoms with van der Waals surface area (Å²) in [7, 11) is 0. The molecule has 27 heavy (non-hydrogen) atoms. The van der Waals surface area contributed by atoms with Crippen LogP contribution >= 0.6 is 0 Å². The van der Waals surface area contributed by atoms with Gasteiger partial charge in [0.25, 0.3) is 11.8 Å². The number of rotatable bonds is 10. The molecule has 0 aliphatic carbocycles. The molecule has 2 amide bonds. The molecule has 1 aromatic heterocycles. The fraction of sp³-hybridized carbons (Fsp3) is 0.476. The summed E-state index contributed by atoms with van der Waals surface area (Å²) in [5.74, 6) is -0.00135. The topological polar surface area (TPSA) is 75.4 Å². The van der Waals surface area contributed by atoms with Gasteiger partial charge in [-0.2, -0.15) is 0 Å². The van der Waals surface area contributed by atoms with Gasteiger partial charge in [0.1, 0.15) is 6.26 Å². The van der Waals surface area contributed by atoms with E-state index in [4.69, 9.17) is 4.42 Å². The zero-order chi connectivity index (χ0) is 19.6. The molecular weight excluding hydrogens is 342 g/mol. The lowest BCUT2D eigenvalue weighted by Gasteiger charge is -2.19. The summed E-state index contributed by atoms with van der Waals surface area (Å²) in [4.78, 5) is 30.4. The Hall–Kier alpha value is -2.63. The normalized spacial score (nSPS) is 10.6. The van der Waals surface area contributed by atoms with Crippen molar-refractivity contribution in [1.82, 2.24) is 15.2 Å². The summed E-state index contributed by atoms with van der Waals surface area (Å²) in [5, 5.41) is 2.67. The van der Waals surface area contributed by atoms with Crippen LogP contribution in [0.2, 0.25) is 0 Å². The molecule has 0 bridgehead atoms. The van der Waals surface area contributed by atoms with Gasteiger partial charge in [0.05, 0.1) is 6.54 Å². The van der Waals surface area contributed by atoms with Crippen LogP contribution in [0, 0.1) is 0 Å². The SMILES string of the molecule is CCCCCc1ccc(C(=O)N(CC)Cc2nc(C(=O)NCC)co2)cc1. The Kier molecular flexibility index (Phi) is 8.04. The van der Waals surface area contributed by atoms with Crippen LogP contribution in [0.25, 0.3) is 0 Å². The number of oxazole rings is 1. The summed E-state index contributed by atoms with van der Waals surface area (Å²) in [5.41, 5.74) is 2.13. The van der Waals surface area contributed by atoms with Crippen molar-refractivity contribution in [3.63, 3.8) is 0 Å². The number of hydrogen-bond donors (Lipinski definition) is 1. The number of nitrogens with one attached hydrogen (secondary N) is 1. The van der Waals surface area contributed by atoms with Gasteiger partial charge in [-0.15, -0.1) is 0 Å². The maximum absolute atomic E-state index is 12.8. The van der Waals surface area contributed by atoms with Crippen LogP contribution in [0.5, 0.6) is 0 Å². The summed E-state index contributed by atoms with van der Waals surface area (Å²) in [6, 6.07) is 7.80. The minimum atomic E-state index is -0.277. The first-order valence-corrected chi connectivity index (χ1v) is 9.69. The second-order valence-corrected chi connectivity index (χ2v) is 6.46. The summed E-state index contributed by atoms with van der Waals surface area (Å²) in [6.07, 6.45) is 5.95. The van der Waals surface area contributed by atoms with Crippen molar-refractivity contribution in [2.24, 2.45) is 0 Å². The number of hydrogen-bond acceptors (Lipinski definition) is 4. The van der Waals surface area contributed by atoms with Crippen LogP contribution in [0.1, 0.15) is 72.3 Å². The molecule has 6 heteroatoms. The highest BCUT2D eigenvalue weighted by molar-refractivity contribution is 5.94. The number of benzene rings is 1. The molecule has 2 rings (SSSR count). The largest absolute Gasteiger partial charge is 0.446 e. The average molecular weight is 371 g/mol. The van der Waals surface area contributed by atoms with E-state index in [2.05, 4.69) is 17.2 Å². The number of carbonyl (C=O) groups is 2. The van der Waals surface area contributed by atoms with E-state index >= 15 is 0 Å². The first kappa shape index (κ1) is 20.7. The zero-order valence-corrected chi connectivity index (χ0v) is 16.5. The Morgan fingerprint density at radius 1 is 1.11 bits per heavy atom. The molecule has 0 aliphatic rings. The van der Waals surface area contributed by atoms with Gasteiger partial charge < -0.3 is 14.6 Å². The molecule has 0 spiro atoms. The molecule has 0 aliphatic heterocycles. The van der Waals surface area contributed by atoms with E-state index in [1.165, 1.54) is 31.1 Å². The van der Waals surface area contributed by atoms with E-state index in [0.29, 0.717) is 24.5 Å². The molecule has 0 fully saturated rings. The highest BCUT2D eigenvalue weighted by Crippen LogP contribution is 2.13. The zero-order valence-electron chi connectivity index (χ0n) is 16.5. The maximum Gasteiger partial charge on any atom is 0.273 e. The third-order valence-electron chi connectivity index (χ3n) is 4.39. The van der Waals surface area contributed by atoms with Crippen molar-refractivity contribution in [3.8, 4) is 0 Å². The maximum atomic E-state index is 12.8. The highest BCUT2D eigenvalue weighted by Gasteiger charge is 2.18. The number of nitrogens with zero attached hydrogens (tertiary/aromatic N) is 2. The minimum Gasteiger partial charge on any atom is -0.446 e. The van der Waals surface area contributed by atoms with Crippen LogP contribution in [-0.4, -0.2) is 34.8 Å². The Morgan fingerprint density at radius 2 is 1.85 bits per heavy atom. The number of carbonyl (C=O) groups excluding carboxylic acids is 2. The number of aryl methyl sites for hydroxylation is 1. The number of amides is 2. The predicted octanol–water partition coefficient (Wildman–Crippen LogP) is 3.82. The molecule has 0 saturated heterocycles. The third-order valence-corrected chi connectivity index (χ3v) is 4.39. The lowest BCUT2D eigenvalue weighted by atomic mass is 10.0. The van der Waals surface area contributed by atoms with Crippen molar-refractivity contribution >= 4 is 11.8 Å². The van der Waals surface area contributed by atoms with Gasteiger partial charge in [0.15, 0.2) is 5.69 Å². The number of unbranched alkanes of at least 4 members (excludes halogenated alkanes) is 2. The molecule has 0 saturated carbocycles. The molecule has 1 heterocycles. The van der Waals surface area contributed by atoms with E-state index in [1.807, 2.05) is 38.1 Å². The third kappa shape index (κ3) is 5.94. The molecule has 2 aromatic rings. The molecule has 0 atom stereocenters. The monoisotopic (exact) mass is 371 g/mol. The van der Waals surface area contributed by atoms with Crippen molar-refractivity contribution in [1.29, 1.82) is 0 Å². The molecule has 1 N–H and O–H groups in total. The van der Waals surface area contributed by atoms with Crippen LogP contribution in [-0.2, 0) is 13.0 Å². The Morgan fingerprint density at radius 3 is 2.48 bits per heavy atom. The minimum absolute atomic E-state index is 0.0737. The summed E-state index contributed by atoms with van der Waals surface area (Å²) < 4.78 is 5.36. The fourth-order valence-corrected chi connectivity index (χ4v) is 2.81. The summed E-state index contributed by atoms with van der Waals surface area (Å²) >= 11 is 0. The van der Waals surface area contributed by atoms with Gasteiger partial charge in [-0.05, 0) is 44.4 Å². The van der Waals surface area contributed by atoms with E-state index in [1.54, 1.807) is 4.90 Å². The van der Waals surface area contributed by atoms with E-state index < -0.39 is 0 Å². The van der Waals surface area contributed by atoms with E-state index in [9.17, 15) is 9.59 Å². The van der Waals surface area contributed by atoms with Gasteiger partial charge in [-0.3, -0.25) is 9.59 Å². The van der Waals surface area contributed by atoms with Crippen LogP contribution in [0.15, 0.2) is 34.9 Å². The molecule has 146 valence electrons. The first-order valence-electron chi connectivity index (χ1n) is 9.69. The molecule has 0 unspecified atom stereocenters. The molecular formula is C21H29N3O3. The van der Waals surface area contributed by atoms with Gasteiger partial charge in [0, 0.05) is 18.7 Å². The van der Waals surface area contributed by atoms with E-state index in [-0.39, 0.29) is 24.1 Å². The van der Waals surface area contributed by atoms with Crippen LogP contribution < -0.4 is 5.32 Å². The average Bonchev–Trinajstić information content (AvgIpc) is 3.15. The Labute approximate surface area is 161 Å². The van der Waals surface area contributed by atoms with Crippen molar-refractivity contribution in [3.05, 3.63) is 53.2 Å². The fourth-order valence-electron chi connectivity index (χ4n) is 2.81.